The summed E-state index contributed by atoms with van der Waals surface area (Å²) in [5, 5.41) is 18.8. The van der Waals surface area contributed by atoms with Crippen LogP contribution in [0.5, 0.6) is 0 Å². The molecule has 2 rings (SSSR count). The van der Waals surface area contributed by atoms with Crippen LogP contribution in [0.2, 0.25) is 0 Å². The molecule has 2 unspecified atom stereocenters. The van der Waals surface area contributed by atoms with Crippen molar-refractivity contribution in [3.05, 3.63) is 17.5 Å². The van der Waals surface area contributed by atoms with Gasteiger partial charge in [-0.1, -0.05) is 0 Å². The number of aliphatic hydroxyl groups excluding tert-OH is 1. The lowest BCUT2D eigenvalue weighted by atomic mass is 10.2. The van der Waals surface area contributed by atoms with Crippen molar-refractivity contribution in [2.24, 2.45) is 0 Å². The highest BCUT2D eigenvalue weighted by molar-refractivity contribution is 5.39. The van der Waals surface area contributed by atoms with E-state index in [4.69, 9.17) is 5.26 Å². The molecule has 6 heteroatoms. The van der Waals surface area contributed by atoms with Gasteiger partial charge in [-0.05, 0) is 33.5 Å². The largest absolute Gasteiger partial charge is 0.391 e. The summed E-state index contributed by atoms with van der Waals surface area (Å²) in [7, 11) is 4.00. The van der Waals surface area contributed by atoms with Gasteiger partial charge in [0.05, 0.1) is 6.10 Å². The van der Waals surface area contributed by atoms with Gasteiger partial charge in [0.2, 0.25) is 5.95 Å². The zero-order valence-corrected chi connectivity index (χ0v) is 11.5. The van der Waals surface area contributed by atoms with Crippen LogP contribution < -0.4 is 4.90 Å². The molecule has 1 N–H and O–H groups in total. The molecule has 19 heavy (non-hydrogen) atoms. The number of hydrogen-bond donors (Lipinski definition) is 1. The molecular formula is C13H19N5O. The highest BCUT2D eigenvalue weighted by atomic mass is 16.3. The number of aliphatic hydroxyl groups is 1. The standard InChI is InChI=1S/C13H19N5O/c1-9-4-10(6-14)16-13(15-9)18-8-12(19)5-11(18)7-17(2)3/h4,11-12,19H,5,7-8H2,1-3H3. The Morgan fingerprint density at radius 2 is 2.26 bits per heavy atom. The van der Waals surface area contributed by atoms with E-state index in [1.54, 1.807) is 6.07 Å². The Labute approximate surface area is 113 Å². The Hall–Kier alpha value is -1.71. The van der Waals surface area contributed by atoms with Crippen molar-refractivity contribution in [1.29, 1.82) is 5.26 Å². The summed E-state index contributed by atoms with van der Waals surface area (Å²) in [6.07, 6.45) is 0.344. The lowest BCUT2D eigenvalue weighted by molar-refractivity contribution is 0.191. The van der Waals surface area contributed by atoms with Crippen LogP contribution in [-0.2, 0) is 0 Å². The fourth-order valence-corrected chi connectivity index (χ4v) is 2.47. The van der Waals surface area contributed by atoms with Crippen LogP contribution in [-0.4, -0.2) is 59.3 Å². The summed E-state index contributed by atoms with van der Waals surface area (Å²) in [4.78, 5) is 12.7. The molecular weight excluding hydrogens is 242 g/mol. The van der Waals surface area contributed by atoms with Crippen molar-refractivity contribution >= 4 is 5.95 Å². The molecule has 2 heterocycles. The van der Waals surface area contributed by atoms with Gasteiger partial charge in [-0.3, -0.25) is 0 Å². The van der Waals surface area contributed by atoms with Crippen molar-refractivity contribution in [2.45, 2.75) is 25.5 Å². The minimum absolute atomic E-state index is 0.179. The molecule has 0 saturated carbocycles. The molecule has 102 valence electrons. The molecule has 0 amide bonds. The van der Waals surface area contributed by atoms with E-state index in [0.29, 0.717) is 24.6 Å². The molecule has 1 saturated heterocycles. The van der Waals surface area contributed by atoms with Gasteiger partial charge in [-0.2, -0.15) is 5.26 Å². The van der Waals surface area contributed by atoms with E-state index in [9.17, 15) is 5.11 Å². The molecule has 0 radical (unpaired) electrons. The summed E-state index contributed by atoms with van der Waals surface area (Å²) in [5.74, 6) is 0.542. The molecule has 2 atom stereocenters. The monoisotopic (exact) mass is 261 g/mol. The lowest BCUT2D eigenvalue weighted by Gasteiger charge is -2.26. The van der Waals surface area contributed by atoms with Crippen molar-refractivity contribution in [1.82, 2.24) is 14.9 Å². The van der Waals surface area contributed by atoms with Crippen LogP contribution in [0, 0.1) is 18.3 Å². The number of likely N-dealkylation sites (N-methyl/N-ethyl adjacent to an activating group) is 1. The second kappa shape index (κ2) is 5.51. The normalized spacial score (nSPS) is 22.8. The summed E-state index contributed by atoms with van der Waals surface area (Å²) >= 11 is 0. The SMILES string of the molecule is Cc1cc(C#N)nc(N2CC(O)CC2CN(C)C)n1. The average Bonchev–Trinajstić information content (AvgIpc) is 2.68. The van der Waals surface area contributed by atoms with E-state index in [1.807, 2.05) is 32.0 Å². The van der Waals surface area contributed by atoms with Gasteiger partial charge in [0.25, 0.3) is 0 Å². The van der Waals surface area contributed by atoms with E-state index < -0.39 is 0 Å². The first kappa shape index (κ1) is 13.7. The summed E-state index contributed by atoms with van der Waals surface area (Å²) in [6.45, 7) is 3.20. The Morgan fingerprint density at radius 1 is 1.53 bits per heavy atom. The molecule has 0 aromatic carbocycles. The third-order valence-corrected chi connectivity index (χ3v) is 3.18. The molecule has 1 fully saturated rings. The zero-order chi connectivity index (χ0) is 14.0. The van der Waals surface area contributed by atoms with Gasteiger partial charge in [0.15, 0.2) is 0 Å². The van der Waals surface area contributed by atoms with Crippen molar-refractivity contribution < 1.29 is 5.11 Å². The number of aromatic nitrogens is 2. The third-order valence-electron chi connectivity index (χ3n) is 3.18. The second-order valence-electron chi connectivity index (χ2n) is 5.26. The molecule has 1 aromatic heterocycles. The first-order chi connectivity index (χ1) is 8.99. The highest BCUT2D eigenvalue weighted by Crippen LogP contribution is 2.23. The molecule has 1 aliphatic heterocycles. The minimum Gasteiger partial charge on any atom is -0.391 e. The van der Waals surface area contributed by atoms with E-state index in [2.05, 4.69) is 14.9 Å². The van der Waals surface area contributed by atoms with Crippen molar-refractivity contribution in [3.63, 3.8) is 0 Å². The molecule has 0 aliphatic carbocycles. The van der Waals surface area contributed by atoms with Crippen molar-refractivity contribution in [2.75, 3.05) is 32.1 Å². The maximum atomic E-state index is 9.86. The van der Waals surface area contributed by atoms with Gasteiger partial charge in [-0.15, -0.1) is 0 Å². The number of rotatable bonds is 3. The van der Waals surface area contributed by atoms with E-state index in [0.717, 1.165) is 12.2 Å². The van der Waals surface area contributed by atoms with Gasteiger partial charge < -0.3 is 14.9 Å². The Balaban J connectivity index is 2.28. The molecule has 1 aromatic rings. The minimum atomic E-state index is -0.361. The summed E-state index contributed by atoms with van der Waals surface area (Å²) in [5.41, 5.74) is 1.14. The molecule has 0 spiro atoms. The van der Waals surface area contributed by atoms with Crippen LogP contribution >= 0.6 is 0 Å². The Bertz CT molecular complexity index is 496. The maximum Gasteiger partial charge on any atom is 0.227 e. The van der Waals surface area contributed by atoms with Crippen LogP contribution in [0.3, 0.4) is 0 Å². The maximum absolute atomic E-state index is 9.86. The number of nitrogens with zero attached hydrogens (tertiary/aromatic N) is 5. The quantitative estimate of drug-likeness (QED) is 0.835. The van der Waals surface area contributed by atoms with E-state index in [-0.39, 0.29) is 12.1 Å². The number of anilines is 1. The number of nitriles is 1. The van der Waals surface area contributed by atoms with Crippen LogP contribution in [0.25, 0.3) is 0 Å². The number of aryl methyl sites for hydroxylation is 1. The number of β-amino-alcohol motifs (C(OH)–C–C–N with tert-alkyl or cyclic N) is 1. The smallest absolute Gasteiger partial charge is 0.227 e. The fourth-order valence-electron chi connectivity index (χ4n) is 2.47. The van der Waals surface area contributed by atoms with Crippen molar-refractivity contribution in [3.8, 4) is 6.07 Å². The summed E-state index contributed by atoms with van der Waals surface area (Å²) < 4.78 is 0. The predicted octanol–water partition coefficient (Wildman–Crippen LogP) is 0.158. The van der Waals surface area contributed by atoms with E-state index in [1.165, 1.54) is 0 Å². The van der Waals surface area contributed by atoms with Gasteiger partial charge in [0.1, 0.15) is 11.8 Å². The van der Waals surface area contributed by atoms with Crippen LogP contribution in [0.1, 0.15) is 17.8 Å². The average molecular weight is 261 g/mol. The zero-order valence-electron chi connectivity index (χ0n) is 11.5. The third kappa shape index (κ3) is 3.19. The topological polar surface area (TPSA) is 76.3 Å². The fraction of sp³-hybridized carbons (Fsp3) is 0.615. The van der Waals surface area contributed by atoms with Crippen LogP contribution in [0.4, 0.5) is 5.95 Å². The lowest BCUT2D eigenvalue weighted by Crippen LogP contribution is -2.38. The number of hydrogen-bond acceptors (Lipinski definition) is 6. The Kier molecular flexibility index (Phi) is 3.98. The predicted molar refractivity (Wildman–Crippen MR) is 71.8 cm³/mol. The van der Waals surface area contributed by atoms with E-state index >= 15 is 0 Å². The second-order valence-corrected chi connectivity index (χ2v) is 5.26. The van der Waals surface area contributed by atoms with Gasteiger partial charge in [-0.25, -0.2) is 9.97 Å². The molecule has 6 nitrogen and oxygen atoms in total. The molecule has 0 bridgehead atoms. The first-order valence-corrected chi connectivity index (χ1v) is 6.35. The van der Waals surface area contributed by atoms with Gasteiger partial charge >= 0.3 is 0 Å². The Morgan fingerprint density at radius 3 is 2.89 bits per heavy atom. The molecule has 1 aliphatic rings. The highest BCUT2D eigenvalue weighted by Gasteiger charge is 2.33. The van der Waals surface area contributed by atoms with Crippen LogP contribution in [0.15, 0.2) is 6.07 Å². The van der Waals surface area contributed by atoms with Gasteiger partial charge in [0, 0.05) is 24.8 Å². The first-order valence-electron chi connectivity index (χ1n) is 6.35. The summed E-state index contributed by atoms with van der Waals surface area (Å²) in [6, 6.07) is 3.89.